The molecule has 1 aromatic carbocycles. The Labute approximate surface area is 180 Å². The van der Waals surface area contributed by atoms with Gasteiger partial charge in [0.25, 0.3) is 0 Å². The van der Waals surface area contributed by atoms with E-state index in [1.54, 1.807) is 29.1 Å². The number of aromatic nitrogens is 3. The Morgan fingerprint density at radius 3 is 2.70 bits per heavy atom. The fraction of sp³-hybridized carbons (Fsp3) is 0.286. The van der Waals surface area contributed by atoms with Gasteiger partial charge in [-0.1, -0.05) is 17.7 Å². The summed E-state index contributed by atoms with van der Waals surface area (Å²) in [4.78, 5) is 18.1. The molecule has 2 aromatic heterocycles. The molecule has 9 heteroatoms. The molecule has 2 heterocycles. The van der Waals surface area contributed by atoms with Crippen molar-refractivity contribution in [1.29, 1.82) is 0 Å². The molecule has 3 aromatic rings. The van der Waals surface area contributed by atoms with Crippen molar-refractivity contribution in [2.45, 2.75) is 6.92 Å². The summed E-state index contributed by atoms with van der Waals surface area (Å²) in [6.07, 6.45) is 4.20. The summed E-state index contributed by atoms with van der Waals surface area (Å²) < 4.78 is 7.51. The maximum absolute atomic E-state index is 11.8. The van der Waals surface area contributed by atoms with E-state index in [9.17, 15) is 4.79 Å². The SMILES string of the molecule is Cc1nn(C)cc1Nc1cc(Nc2cccc(OCCN(C)C)c2C=O)c(Cl)cn1. The van der Waals surface area contributed by atoms with Crippen LogP contribution in [0.25, 0.3) is 0 Å². The van der Waals surface area contributed by atoms with Crippen LogP contribution in [0.5, 0.6) is 5.75 Å². The summed E-state index contributed by atoms with van der Waals surface area (Å²) >= 11 is 6.34. The number of hydrogen-bond acceptors (Lipinski definition) is 7. The van der Waals surface area contributed by atoms with Gasteiger partial charge in [0.05, 0.1) is 39.5 Å². The third-order valence-corrected chi connectivity index (χ3v) is 4.68. The van der Waals surface area contributed by atoms with Crippen molar-refractivity contribution >= 4 is 40.8 Å². The molecule has 0 radical (unpaired) electrons. The van der Waals surface area contributed by atoms with Gasteiger partial charge in [0.2, 0.25) is 0 Å². The molecule has 0 fully saturated rings. The monoisotopic (exact) mass is 428 g/mol. The van der Waals surface area contributed by atoms with Gasteiger partial charge in [-0.3, -0.25) is 9.48 Å². The standard InChI is InChI=1S/C21H25ClN6O2/c1-14-19(12-28(4)26-14)25-21-10-18(16(22)11-23-21)24-17-6-5-7-20(15(17)13-29)30-9-8-27(2)3/h5-7,10-13H,8-9H2,1-4H3,(H2,23,24,25). The summed E-state index contributed by atoms with van der Waals surface area (Å²) in [5, 5.41) is 11.2. The second-order valence-corrected chi connectivity index (χ2v) is 7.50. The number of likely N-dealkylation sites (N-methyl/N-ethyl adjacent to an activating group) is 1. The van der Waals surface area contributed by atoms with Gasteiger partial charge < -0.3 is 20.3 Å². The lowest BCUT2D eigenvalue weighted by Crippen LogP contribution is -2.19. The number of nitrogens with one attached hydrogen (secondary N) is 2. The number of ether oxygens (including phenoxy) is 1. The Kier molecular flexibility index (Phi) is 6.91. The van der Waals surface area contributed by atoms with Gasteiger partial charge in [0, 0.05) is 25.9 Å². The molecule has 0 saturated carbocycles. The first-order valence-corrected chi connectivity index (χ1v) is 9.80. The van der Waals surface area contributed by atoms with Crippen LogP contribution in [0.15, 0.2) is 36.7 Å². The van der Waals surface area contributed by atoms with Crippen molar-refractivity contribution in [3.8, 4) is 5.75 Å². The highest BCUT2D eigenvalue weighted by atomic mass is 35.5. The third-order valence-electron chi connectivity index (χ3n) is 4.38. The number of pyridine rings is 1. The van der Waals surface area contributed by atoms with Gasteiger partial charge in [-0.15, -0.1) is 0 Å². The first kappa shape index (κ1) is 21.6. The molecule has 0 saturated heterocycles. The van der Waals surface area contributed by atoms with Crippen molar-refractivity contribution in [2.24, 2.45) is 7.05 Å². The quantitative estimate of drug-likeness (QED) is 0.498. The molecule has 0 amide bonds. The van der Waals surface area contributed by atoms with E-state index < -0.39 is 0 Å². The topological polar surface area (TPSA) is 84.3 Å². The molecule has 0 aliphatic heterocycles. The van der Waals surface area contributed by atoms with Crippen LogP contribution in [-0.2, 0) is 7.05 Å². The van der Waals surface area contributed by atoms with Crippen LogP contribution in [0.1, 0.15) is 16.1 Å². The summed E-state index contributed by atoms with van der Waals surface area (Å²) in [6, 6.07) is 7.19. The van der Waals surface area contributed by atoms with Gasteiger partial charge in [-0.2, -0.15) is 5.10 Å². The summed E-state index contributed by atoms with van der Waals surface area (Å²) in [6.45, 7) is 3.14. The number of aryl methyl sites for hydroxylation is 2. The molecule has 8 nitrogen and oxygen atoms in total. The maximum atomic E-state index is 11.8. The minimum atomic E-state index is 0.430. The van der Waals surface area contributed by atoms with E-state index in [2.05, 4.69) is 20.7 Å². The van der Waals surface area contributed by atoms with E-state index in [4.69, 9.17) is 16.3 Å². The first-order chi connectivity index (χ1) is 14.4. The van der Waals surface area contributed by atoms with Crippen molar-refractivity contribution in [2.75, 3.05) is 37.9 Å². The lowest BCUT2D eigenvalue weighted by Gasteiger charge is -2.16. The summed E-state index contributed by atoms with van der Waals surface area (Å²) in [5.74, 6) is 1.12. The Hall–Kier alpha value is -3.10. The first-order valence-electron chi connectivity index (χ1n) is 9.43. The van der Waals surface area contributed by atoms with Crippen molar-refractivity contribution < 1.29 is 9.53 Å². The van der Waals surface area contributed by atoms with Crippen LogP contribution in [0.2, 0.25) is 5.02 Å². The molecule has 0 aliphatic rings. The van der Waals surface area contributed by atoms with E-state index in [1.165, 1.54) is 0 Å². The predicted octanol–water partition coefficient (Wildman–Crippen LogP) is 4.02. The van der Waals surface area contributed by atoms with Gasteiger partial charge in [0.15, 0.2) is 6.29 Å². The number of hydrogen-bond donors (Lipinski definition) is 2. The van der Waals surface area contributed by atoms with E-state index in [1.807, 2.05) is 45.2 Å². The lowest BCUT2D eigenvalue weighted by molar-refractivity contribution is 0.112. The fourth-order valence-corrected chi connectivity index (χ4v) is 3.00. The Morgan fingerprint density at radius 2 is 2.03 bits per heavy atom. The lowest BCUT2D eigenvalue weighted by atomic mass is 10.1. The number of benzene rings is 1. The molecule has 0 aliphatic carbocycles. The highest BCUT2D eigenvalue weighted by Crippen LogP contribution is 2.32. The smallest absolute Gasteiger partial charge is 0.155 e. The zero-order valence-electron chi connectivity index (χ0n) is 17.4. The zero-order valence-corrected chi connectivity index (χ0v) is 18.2. The van der Waals surface area contributed by atoms with E-state index >= 15 is 0 Å². The molecule has 0 unspecified atom stereocenters. The van der Waals surface area contributed by atoms with E-state index in [0.29, 0.717) is 40.1 Å². The minimum Gasteiger partial charge on any atom is -0.491 e. The van der Waals surface area contributed by atoms with Gasteiger partial charge in [-0.25, -0.2) is 4.98 Å². The molecular weight excluding hydrogens is 404 g/mol. The van der Waals surface area contributed by atoms with Crippen LogP contribution in [-0.4, -0.2) is 53.2 Å². The average molecular weight is 429 g/mol. The van der Waals surface area contributed by atoms with Gasteiger partial charge in [0.1, 0.15) is 18.2 Å². The number of halogens is 1. The highest BCUT2D eigenvalue weighted by molar-refractivity contribution is 6.33. The van der Waals surface area contributed by atoms with Crippen molar-refractivity contribution in [3.05, 3.63) is 52.9 Å². The van der Waals surface area contributed by atoms with E-state index in [0.717, 1.165) is 24.2 Å². The van der Waals surface area contributed by atoms with E-state index in [-0.39, 0.29) is 0 Å². The Morgan fingerprint density at radius 1 is 1.23 bits per heavy atom. The molecule has 3 rings (SSSR count). The van der Waals surface area contributed by atoms with Crippen LogP contribution in [0.4, 0.5) is 22.9 Å². The molecule has 0 bridgehead atoms. The number of rotatable bonds is 9. The molecule has 30 heavy (non-hydrogen) atoms. The maximum Gasteiger partial charge on any atom is 0.155 e. The molecule has 158 valence electrons. The molecule has 2 N–H and O–H groups in total. The van der Waals surface area contributed by atoms with Gasteiger partial charge >= 0.3 is 0 Å². The van der Waals surface area contributed by atoms with Gasteiger partial charge in [-0.05, 0) is 33.2 Å². The predicted molar refractivity (Wildman–Crippen MR) is 120 cm³/mol. The van der Waals surface area contributed by atoms with Crippen LogP contribution in [0.3, 0.4) is 0 Å². The Balaban J connectivity index is 1.83. The Bertz CT molecular complexity index is 1030. The average Bonchev–Trinajstić information content (AvgIpc) is 3.01. The number of carbonyl (C=O) groups excluding carboxylic acids is 1. The van der Waals surface area contributed by atoms with Crippen LogP contribution in [0, 0.1) is 6.92 Å². The van der Waals surface area contributed by atoms with Crippen LogP contribution >= 0.6 is 11.6 Å². The van der Waals surface area contributed by atoms with Crippen LogP contribution < -0.4 is 15.4 Å². The second kappa shape index (κ2) is 9.60. The number of aldehydes is 1. The fourth-order valence-electron chi connectivity index (χ4n) is 2.85. The summed E-state index contributed by atoms with van der Waals surface area (Å²) in [7, 11) is 5.78. The van der Waals surface area contributed by atoms with Crippen molar-refractivity contribution in [1.82, 2.24) is 19.7 Å². The van der Waals surface area contributed by atoms with Crippen molar-refractivity contribution in [3.63, 3.8) is 0 Å². The highest BCUT2D eigenvalue weighted by Gasteiger charge is 2.12. The molecule has 0 spiro atoms. The minimum absolute atomic E-state index is 0.430. The molecule has 0 atom stereocenters. The summed E-state index contributed by atoms with van der Waals surface area (Å²) in [5.41, 5.74) is 3.35. The number of nitrogens with zero attached hydrogens (tertiary/aromatic N) is 4. The zero-order chi connectivity index (χ0) is 21.7. The second-order valence-electron chi connectivity index (χ2n) is 7.09. The number of anilines is 4. The largest absolute Gasteiger partial charge is 0.491 e. The third kappa shape index (κ3) is 5.28. The normalized spacial score (nSPS) is 10.9. The molecular formula is C21H25ClN6O2. The number of carbonyl (C=O) groups is 1.